The van der Waals surface area contributed by atoms with Crippen molar-refractivity contribution in [3.63, 3.8) is 0 Å². The number of nitrogens with one attached hydrogen (secondary N) is 1. The van der Waals surface area contributed by atoms with Gasteiger partial charge in [-0.2, -0.15) is 0 Å². The van der Waals surface area contributed by atoms with Gasteiger partial charge in [0.15, 0.2) is 16.4 Å². The second-order valence-electron chi connectivity index (χ2n) is 5.93. The zero-order chi connectivity index (χ0) is 20.7. The minimum Gasteiger partial charge on any atom is -0.465 e. The maximum atomic E-state index is 12.1. The topological polar surface area (TPSA) is 116 Å². The Morgan fingerprint density at radius 2 is 1.71 bits per heavy atom. The van der Waals surface area contributed by atoms with Crippen LogP contribution in [0, 0.1) is 0 Å². The number of esters is 2. The molecule has 0 aromatic heterocycles. The summed E-state index contributed by atoms with van der Waals surface area (Å²) >= 11 is 0. The van der Waals surface area contributed by atoms with Crippen LogP contribution in [0.3, 0.4) is 0 Å². The van der Waals surface area contributed by atoms with E-state index in [0.29, 0.717) is 5.56 Å². The molecule has 0 saturated heterocycles. The number of methoxy groups -OCH3 is 1. The van der Waals surface area contributed by atoms with Gasteiger partial charge in [0.25, 0.3) is 5.91 Å². The Morgan fingerprint density at radius 3 is 2.39 bits per heavy atom. The van der Waals surface area contributed by atoms with Crippen molar-refractivity contribution in [2.24, 2.45) is 0 Å². The molecule has 148 valence electrons. The van der Waals surface area contributed by atoms with Gasteiger partial charge in [0.05, 0.1) is 29.7 Å². The summed E-state index contributed by atoms with van der Waals surface area (Å²) in [6, 6.07) is 12.2. The summed E-state index contributed by atoms with van der Waals surface area (Å²) in [6.45, 7) is -0.579. The minimum absolute atomic E-state index is 0.129. The van der Waals surface area contributed by atoms with Gasteiger partial charge in [-0.1, -0.05) is 24.3 Å². The molecule has 0 unspecified atom stereocenters. The number of carbonyl (C=O) groups excluding carboxylic acids is 3. The van der Waals surface area contributed by atoms with Gasteiger partial charge in [0.1, 0.15) is 0 Å². The molecule has 8 nitrogen and oxygen atoms in total. The van der Waals surface area contributed by atoms with E-state index in [0.717, 1.165) is 6.26 Å². The van der Waals surface area contributed by atoms with Gasteiger partial charge < -0.3 is 14.8 Å². The first-order valence-electron chi connectivity index (χ1n) is 8.10. The van der Waals surface area contributed by atoms with Crippen LogP contribution in [0.25, 0.3) is 0 Å². The fourth-order valence-electron chi connectivity index (χ4n) is 2.37. The highest BCUT2D eigenvalue weighted by molar-refractivity contribution is 7.89. The maximum Gasteiger partial charge on any atom is 0.339 e. The fourth-order valence-corrected chi connectivity index (χ4v) is 3.16. The molecule has 0 saturated carbocycles. The van der Waals surface area contributed by atoms with E-state index in [2.05, 4.69) is 10.1 Å². The van der Waals surface area contributed by atoms with Crippen molar-refractivity contribution in [3.05, 3.63) is 65.2 Å². The van der Waals surface area contributed by atoms with E-state index in [1.165, 1.54) is 37.4 Å². The van der Waals surface area contributed by atoms with Crippen molar-refractivity contribution in [2.75, 3.05) is 25.3 Å². The molecule has 0 bridgehead atoms. The molecule has 2 rings (SSSR count). The average Bonchev–Trinajstić information content (AvgIpc) is 2.64. The third-order valence-electron chi connectivity index (χ3n) is 3.53. The van der Waals surface area contributed by atoms with E-state index in [9.17, 15) is 22.8 Å². The second-order valence-corrected chi connectivity index (χ2v) is 8.07. The van der Waals surface area contributed by atoms with Gasteiger partial charge in [-0.3, -0.25) is 4.79 Å². The molecule has 0 radical (unpaired) electrons. The van der Waals surface area contributed by atoms with Crippen LogP contribution in [0.15, 0.2) is 48.5 Å². The number of hydrogen-bond acceptors (Lipinski definition) is 7. The number of benzene rings is 2. The Morgan fingerprint density at radius 1 is 1.00 bits per heavy atom. The van der Waals surface area contributed by atoms with Crippen LogP contribution in [0.2, 0.25) is 0 Å². The Balaban J connectivity index is 1.99. The van der Waals surface area contributed by atoms with E-state index in [4.69, 9.17) is 4.74 Å². The van der Waals surface area contributed by atoms with E-state index in [-0.39, 0.29) is 22.6 Å². The first kappa shape index (κ1) is 21.1. The summed E-state index contributed by atoms with van der Waals surface area (Å²) in [7, 11) is -2.02. The third-order valence-corrected chi connectivity index (χ3v) is 4.39. The molecule has 0 heterocycles. The predicted molar refractivity (Wildman–Crippen MR) is 102 cm³/mol. The molecule has 28 heavy (non-hydrogen) atoms. The molecular weight excluding hydrogens is 386 g/mol. The summed E-state index contributed by atoms with van der Waals surface area (Å²) in [5, 5.41) is 2.48. The fraction of sp³-hybridized carbons (Fsp3) is 0.211. The van der Waals surface area contributed by atoms with Gasteiger partial charge in [0, 0.05) is 6.26 Å². The highest BCUT2D eigenvalue weighted by Gasteiger charge is 2.15. The van der Waals surface area contributed by atoms with Gasteiger partial charge in [-0.25, -0.2) is 18.0 Å². The summed E-state index contributed by atoms with van der Waals surface area (Å²) < 4.78 is 32.3. The summed E-state index contributed by atoms with van der Waals surface area (Å²) in [4.78, 5) is 35.9. The molecule has 1 amide bonds. The van der Waals surface area contributed by atoms with Crippen molar-refractivity contribution >= 4 is 33.4 Å². The van der Waals surface area contributed by atoms with Crippen LogP contribution in [-0.2, 0) is 29.9 Å². The van der Waals surface area contributed by atoms with Crippen molar-refractivity contribution in [1.82, 2.24) is 0 Å². The second kappa shape index (κ2) is 9.14. The summed E-state index contributed by atoms with van der Waals surface area (Å²) in [5.41, 5.74) is 0.959. The number of para-hydroxylation sites is 1. The van der Waals surface area contributed by atoms with Crippen LogP contribution < -0.4 is 5.32 Å². The van der Waals surface area contributed by atoms with Crippen molar-refractivity contribution < 1.29 is 32.3 Å². The third kappa shape index (κ3) is 6.20. The lowest BCUT2D eigenvalue weighted by Crippen LogP contribution is -2.22. The van der Waals surface area contributed by atoms with Crippen LogP contribution in [0.1, 0.15) is 26.3 Å². The zero-order valence-electron chi connectivity index (χ0n) is 15.3. The van der Waals surface area contributed by atoms with Gasteiger partial charge in [-0.05, 0) is 29.8 Å². The average molecular weight is 405 g/mol. The van der Waals surface area contributed by atoms with Crippen molar-refractivity contribution in [1.29, 1.82) is 0 Å². The largest absolute Gasteiger partial charge is 0.465 e. The summed E-state index contributed by atoms with van der Waals surface area (Å²) in [6.07, 6.45) is 1.09. The minimum atomic E-state index is -3.25. The molecule has 0 atom stereocenters. The number of sulfone groups is 1. The Bertz CT molecular complexity index is 999. The SMILES string of the molecule is COC(=O)c1ccccc1NC(=O)COC(=O)c1cccc(CS(C)(=O)=O)c1. The summed E-state index contributed by atoms with van der Waals surface area (Å²) in [5.74, 6) is -2.24. The van der Waals surface area contributed by atoms with Gasteiger partial charge in [-0.15, -0.1) is 0 Å². The normalized spacial score (nSPS) is 10.8. The molecule has 9 heteroatoms. The lowest BCUT2D eigenvalue weighted by atomic mass is 10.1. The van der Waals surface area contributed by atoms with Crippen LogP contribution in [0.5, 0.6) is 0 Å². The van der Waals surface area contributed by atoms with Crippen LogP contribution in [0.4, 0.5) is 5.69 Å². The first-order valence-corrected chi connectivity index (χ1v) is 10.2. The van der Waals surface area contributed by atoms with E-state index in [1.54, 1.807) is 18.2 Å². The highest BCUT2D eigenvalue weighted by atomic mass is 32.2. The van der Waals surface area contributed by atoms with Crippen LogP contribution in [-0.4, -0.2) is 46.2 Å². The molecule has 0 aliphatic carbocycles. The van der Waals surface area contributed by atoms with E-state index < -0.39 is 34.3 Å². The van der Waals surface area contributed by atoms with Crippen molar-refractivity contribution in [3.8, 4) is 0 Å². The Kier molecular flexibility index (Phi) is 6.89. The molecule has 0 aliphatic heterocycles. The van der Waals surface area contributed by atoms with E-state index >= 15 is 0 Å². The molecule has 1 N–H and O–H groups in total. The number of carbonyl (C=O) groups is 3. The smallest absolute Gasteiger partial charge is 0.339 e. The van der Waals surface area contributed by atoms with Gasteiger partial charge >= 0.3 is 11.9 Å². The molecular formula is C19H19NO7S. The lowest BCUT2D eigenvalue weighted by molar-refractivity contribution is -0.119. The number of anilines is 1. The van der Waals surface area contributed by atoms with Crippen molar-refractivity contribution in [2.45, 2.75) is 5.75 Å². The highest BCUT2D eigenvalue weighted by Crippen LogP contribution is 2.16. The maximum absolute atomic E-state index is 12.1. The quantitative estimate of drug-likeness (QED) is 0.699. The molecule has 2 aromatic rings. The standard InChI is InChI=1S/C19H19NO7S/c1-26-19(23)15-8-3-4-9-16(15)20-17(21)11-27-18(22)14-7-5-6-13(10-14)12-28(2,24)25/h3-10H,11-12H2,1-2H3,(H,20,21). The van der Waals surface area contributed by atoms with E-state index in [1.807, 2.05) is 0 Å². The number of hydrogen-bond donors (Lipinski definition) is 1. The number of amides is 1. The monoisotopic (exact) mass is 405 g/mol. The first-order chi connectivity index (χ1) is 13.2. The predicted octanol–water partition coefficient (Wildman–Crippen LogP) is 1.81. The molecule has 0 fully saturated rings. The molecule has 2 aromatic carbocycles. The number of ether oxygens (including phenoxy) is 2. The molecule has 0 aliphatic rings. The Labute approximate surface area is 162 Å². The van der Waals surface area contributed by atoms with Gasteiger partial charge in [0.2, 0.25) is 0 Å². The zero-order valence-corrected chi connectivity index (χ0v) is 16.1. The number of rotatable bonds is 7. The lowest BCUT2D eigenvalue weighted by Gasteiger charge is -2.10. The molecule has 0 spiro atoms. The van der Waals surface area contributed by atoms with Crippen LogP contribution >= 0.6 is 0 Å². The Hall–Kier alpha value is -3.20.